The van der Waals surface area contributed by atoms with E-state index < -0.39 is 0 Å². The van der Waals surface area contributed by atoms with Gasteiger partial charge in [-0.1, -0.05) is 12.1 Å². The molecule has 1 atom stereocenters. The zero-order valence-electron chi connectivity index (χ0n) is 17.5. The van der Waals surface area contributed by atoms with Crippen molar-refractivity contribution in [3.05, 3.63) is 41.5 Å². The van der Waals surface area contributed by atoms with E-state index in [4.69, 9.17) is 4.98 Å². The zero-order valence-corrected chi connectivity index (χ0v) is 17.5. The van der Waals surface area contributed by atoms with Crippen molar-refractivity contribution in [3.63, 3.8) is 0 Å². The Kier molecular flexibility index (Phi) is 5.67. The van der Waals surface area contributed by atoms with Gasteiger partial charge in [0.15, 0.2) is 0 Å². The fourth-order valence-corrected chi connectivity index (χ4v) is 4.41. The summed E-state index contributed by atoms with van der Waals surface area (Å²) < 4.78 is 1.93. The van der Waals surface area contributed by atoms with Gasteiger partial charge >= 0.3 is 0 Å². The zero-order chi connectivity index (χ0) is 20.4. The van der Waals surface area contributed by atoms with Crippen molar-refractivity contribution in [1.82, 2.24) is 24.6 Å². The van der Waals surface area contributed by atoms with E-state index in [1.807, 2.05) is 36.7 Å². The fourth-order valence-electron chi connectivity index (χ4n) is 4.41. The van der Waals surface area contributed by atoms with Crippen LogP contribution >= 0.6 is 0 Å². The number of aryl methyl sites for hydroxylation is 2. The van der Waals surface area contributed by atoms with Gasteiger partial charge in [-0.05, 0) is 58.2 Å². The Morgan fingerprint density at radius 1 is 1.31 bits per heavy atom. The van der Waals surface area contributed by atoms with Crippen molar-refractivity contribution in [2.24, 2.45) is 5.92 Å². The number of fused-ring (bicyclic) bond motifs is 1. The molecular formula is C22H30N6O. The number of hydrogen-bond acceptors (Lipinski definition) is 4. The monoisotopic (exact) mass is 394 g/mol. The second kappa shape index (κ2) is 8.37. The van der Waals surface area contributed by atoms with Crippen LogP contribution in [0.3, 0.4) is 0 Å². The Morgan fingerprint density at radius 2 is 2.14 bits per heavy atom. The van der Waals surface area contributed by atoms with Crippen molar-refractivity contribution in [1.29, 1.82) is 0 Å². The first-order valence-corrected chi connectivity index (χ1v) is 10.5. The molecule has 1 fully saturated rings. The summed E-state index contributed by atoms with van der Waals surface area (Å²) >= 11 is 0. The number of amides is 1. The minimum absolute atomic E-state index is 0.0382. The largest absolute Gasteiger partial charge is 0.342 e. The molecule has 1 saturated heterocycles. The molecule has 1 aliphatic rings. The Morgan fingerprint density at radius 3 is 2.90 bits per heavy atom. The van der Waals surface area contributed by atoms with Crippen LogP contribution in [0.25, 0.3) is 11.0 Å². The Balaban J connectivity index is 1.34. The number of nitrogens with one attached hydrogen (secondary N) is 2. The Labute approximate surface area is 171 Å². The van der Waals surface area contributed by atoms with Gasteiger partial charge in [0.25, 0.3) is 0 Å². The van der Waals surface area contributed by atoms with E-state index in [9.17, 15) is 4.79 Å². The molecule has 1 unspecified atom stereocenters. The summed E-state index contributed by atoms with van der Waals surface area (Å²) in [5, 5.41) is 7.56. The lowest BCUT2D eigenvalue weighted by molar-refractivity contribution is -0.117. The van der Waals surface area contributed by atoms with Gasteiger partial charge < -0.3 is 10.3 Å². The van der Waals surface area contributed by atoms with Crippen molar-refractivity contribution >= 4 is 22.6 Å². The van der Waals surface area contributed by atoms with Crippen LogP contribution in [0.2, 0.25) is 0 Å². The highest BCUT2D eigenvalue weighted by Crippen LogP contribution is 2.22. The number of aromatic nitrogens is 4. The fraction of sp³-hybridized carbons (Fsp3) is 0.500. The standard InChI is InChI=1S/C22H30N6O/c1-4-28-16(3)22(15(2)26-28)25-21(29)14-27-11-7-8-17(13-27)12-20-23-18-9-5-6-10-19(18)24-20/h5-6,9-10,17H,4,7-8,11-14H2,1-3H3,(H,23,24)(H,25,29). The van der Waals surface area contributed by atoms with Gasteiger partial charge in [0.2, 0.25) is 5.91 Å². The van der Waals surface area contributed by atoms with Crippen molar-refractivity contribution in [2.45, 2.75) is 46.6 Å². The van der Waals surface area contributed by atoms with E-state index in [-0.39, 0.29) is 5.91 Å². The summed E-state index contributed by atoms with van der Waals surface area (Å²) in [6.45, 7) is 9.13. The van der Waals surface area contributed by atoms with Crippen LogP contribution in [-0.2, 0) is 17.8 Å². The van der Waals surface area contributed by atoms with Crippen molar-refractivity contribution in [2.75, 3.05) is 25.0 Å². The predicted octanol–water partition coefficient (Wildman–Crippen LogP) is 3.29. The molecule has 3 heterocycles. The maximum absolute atomic E-state index is 12.7. The lowest BCUT2D eigenvalue weighted by Gasteiger charge is -2.31. The maximum Gasteiger partial charge on any atom is 0.238 e. The van der Waals surface area contributed by atoms with Gasteiger partial charge in [-0.15, -0.1) is 0 Å². The quantitative estimate of drug-likeness (QED) is 0.672. The summed E-state index contributed by atoms with van der Waals surface area (Å²) in [5.74, 6) is 1.60. The molecule has 29 heavy (non-hydrogen) atoms. The third-order valence-corrected chi connectivity index (χ3v) is 5.84. The number of para-hydroxylation sites is 2. The number of benzene rings is 1. The van der Waals surface area contributed by atoms with Crippen LogP contribution in [0.1, 0.15) is 37.0 Å². The van der Waals surface area contributed by atoms with Gasteiger partial charge in [0.05, 0.1) is 34.7 Å². The number of likely N-dealkylation sites (tertiary alicyclic amines) is 1. The number of anilines is 1. The Bertz CT molecular complexity index is 971. The van der Waals surface area contributed by atoms with Gasteiger partial charge in [-0.2, -0.15) is 5.10 Å². The summed E-state index contributed by atoms with van der Waals surface area (Å²) in [4.78, 5) is 23.1. The number of imidazole rings is 1. The van der Waals surface area contributed by atoms with E-state index in [1.54, 1.807) is 0 Å². The smallest absolute Gasteiger partial charge is 0.238 e. The maximum atomic E-state index is 12.7. The lowest BCUT2D eigenvalue weighted by atomic mass is 9.94. The molecule has 3 aromatic rings. The first kappa shape index (κ1) is 19.6. The number of hydrogen-bond donors (Lipinski definition) is 2. The van der Waals surface area contributed by atoms with Crippen LogP contribution in [0.15, 0.2) is 24.3 Å². The molecule has 2 N–H and O–H groups in total. The third kappa shape index (κ3) is 4.34. The topological polar surface area (TPSA) is 78.8 Å². The van der Waals surface area contributed by atoms with Crippen molar-refractivity contribution in [3.8, 4) is 0 Å². The Hall–Kier alpha value is -2.67. The minimum atomic E-state index is 0.0382. The third-order valence-electron chi connectivity index (χ3n) is 5.84. The molecule has 7 heteroatoms. The molecule has 4 rings (SSSR count). The molecular weight excluding hydrogens is 364 g/mol. The van der Waals surface area contributed by atoms with Crippen LogP contribution in [0.5, 0.6) is 0 Å². The molecule has 0 saturated carbocycles. The van der Waals surface area contributed by atoms with Crippen molar-refractivity contribution < 1.29 is 4.79 Å². The number of nitrogens with zero attached hydrogens (tertiary/aromatic N) is 4. The molecule has 0 bridgehead atoms. The van der Waals surface area contributed by atoms with Crippen LogP contribution in [0, 0.1) is 19.8 Å². The van der Waals surface area contributed by atoms with E-state index in [0.717, 1.165) is 66.4 Å². The minimum Gasteiger partial charge on any atom is -0.342 e. The SMILES string of the molecule is CCn1nc(C)c(NC(=O)CN2CCCC(Cc3nc4ccccc4[nH]3)C2)c1C. The van der Waals surface area contributed by atoms with Crippen LogP contribution < -0.4 is 5.32 Å². The first-order chi connectivity index (χ1) is 14.0. The van der Waals surface area contributed by atoms with Crippen LogP contribution in [-0.4, -0.2) is 50.2 Å². The van der Waals surface area contributed by atoms with Gasteiger partial charge in [0, 0.05) is 19.5 Å². The van der Waals surface area contributed by atoms with E-state index in [2.05, 4.69) is 33.3 Å². The highest BCUT2D eigenvalue weighted by molar-refractivity contribution is 5.93. The average molecular weight is 395 g/mol. The molecule has 1 aromatic carbocycles. The molecule has 1 amide bonds. The van der Waals surface area contributed by atoms with E-state index in [1.165, 1.54) is 6.42 Å². The molecule has 0 aliphatic carbocycles. The second-order valence-electron chi connectivity index (χ2n) is 8.06. The van der Waals surface area contributed by atoms with Gasteiger partial charge in [0.1, 0.15) is 5.82 Å². The molecule has 0 spiro atoms. The van der Waals surface area contributed by atoms with Gasteiger partial charge in [-0.25, -0.2) is 4.98 Å². The summed E-state index contributed by atoms with van der Waals surface area (Å²) in [6, 6.07) is 8.14. The molecule has 0 radical (unpaired) electrons. The average Bonchev–Trinajstić information content (AvgIpc) is 3.23. The number of rotatable bonds is 6. The summed E-state index contributed by atoms with van der Waals surface area (Å²) in [5.41, 5.74) is 4.85. The summed E-state index contributed by atoms with van der Waals surface area (Å²) in [7, 11) is 0. The number of carbonyl (C=O) groups excluding carboxylic acids is 1. The normalized spacial score (nSPS) is 17.7. The predicted molar refractivity (Wildman–Crippen MR) is 115 cm³/mol. The number of piperidine rings is 1. The highest BCUT2D eigenvalue weighted by atomic mass is 16.2. The molecule has 7 nitrogen and oxygen atoms in total. The van der Waals surface area contributed by atoms with E-state index in [0.29, 0.717) is 12.5 Å². The lowest BCUT2D eigenvalue weighted by Crippen LogP contribution is -2.41. The molecule has 2 aromatic heterocycles. The molecule has 154 valence electrons. The van der Waals surface area contributed by atoms with Crippen LogP contribution in [0.4, 0.5) is 5.69 Å². The first-order valence-electron chi connectivity index (χ1n) is 10.5. The summed E-state index contributed by atoms with van der Waals surface area (Å²) in [6.07, 6.45) is 3.22. The molecule has 1 aliphatic heterocycles. The highest BCUT2D eigenvalue weighted by Gasteiger charge is 2.23. The number of carbonyl (C=O) groups is 1. The van der Waals surface area contributed by atoms with Gasteiger partial charge in [-0.3, -0.25) is 14.4 Å². The second-order valence-corrected chi connectivity index (χ2v) is 8.06. The number of aromatic amines is 1. The van der Waals surface area contributed by atoms with E-state index >= 15 is 0 Å². The number of H-pyrrole nitrogens is 1.